The number of likely N-dealkylation sites (tertiary alicyclic amines) is 1. The fourth-order valence-corrected chi connectivity index (χ4v) is 3.13. The molecular formula is C13H23N3O3. The Morgan fingerprint density at radius 3 is 2.68 bits per heavy atom. The first-order valence-electron chi connectivity index (χ1n) is 7.12. The van der Waals surface area contributed by atoms with Gasteiger partial charge in [-0.05, 0) is 45.2 Å². The normalized spacial score (nSPS) is 28.4. The van der Waals surface area contributed by atoms with Crippen molar-refractivity contribution in [1.82, 2.24) is 15.5 Å². The zero-order chi connectivity index (χ0) is 13.9. The van der Waals surface area contributed by atoms with Crippen molar-refractivity contribution in [3.8, 4) is 0 Å². The van der Waals surface area contributed by atoms with E-state index in [1.807, 2.05) is 6.92 Å². The van der Waals surface area contributed by atoms with Gasteiger partial charge >= 0.3 is 12.0 Å². The Bertz CT molecular complexity index is 355. The molecule has 3 N–H and O–H groups in total. The smallest absolute Gasteiger partial charge is 0.329 e. The summed E-state index contributed by atoms with van der Waals surface area (Å²) in [5, 5.41) is 15.7. The van der Waals surface area contributed by atoms with E-state index in [1.165, 1.54) is 4.90 Å². The van der Waals surface area contributed by atoms with Crippen molar-refractivity contribution < 1.29 is 14.7 Å². The predicted molar refractivity (Wildman–Crippen MR) is 71.0 cm³/mol. The first kappa shape index (κ1) is 14.1. The molecule has 0 spiro atoms. The Labute approximate surface area is 113 Å². The quantitative estimate of drug-likeness (QED) is 0.707. The molecule has 0 saturated carbocycles. The minimum atomic E-state index is -1.00. The second-order valence-corrected chi connectivity index (χ2v) is 5.42. The van der Waals surface area contributed by atoms with Gasteiger partial charge in [-0.3, -0.25) is 0 Å². The average molecular weight is 269 g/mol. The van der Waals surface area contributed by atoms with Gasteiger partial charge in [0.05, 0.1) is 0 Å². The van der Waals surface area contributed by atoms with Gasteiger partial charge in [-0.25, -0.2) is 9.59 Å². The fraction of sp³-hybridized carbons (Fsp3) is 0.846. The number of carbonyl (C=O) groups is 2. The lowest BCUT2D eigenvalue weighted by Gasteiger charge is -2.35. The first-order valence-corrected chi connectivity index (χ1v) is 7.12. The molecule has 6 heteroatoms. The summed E-state index contributed by atoms with van der Waals surface area (Å²) in [4.78, 5) is 25.4. The number of carboxylic acids is 1. The standard InChI is InChI=1S/C13H23N3O3/c1-2-13(11(17)18)6-3-9-16(13)12(19)15-10-4-7-14-8-5-10/h10,14H,2-9H2,1H3,(H,15,19)(H,17,18). The molecule has 0 bridgehead atoms. The monoisotopic (exact) mass is 269 g/mol. The number of urea groups is 1. The van der Waals surface area contributed by atoms with Crippen LogP contribution in [0.3, 0.4) is 0 Å². The van der Waals surface area contributed by atoms with Crippen molar-refractivity contribution in [2.75, 3.05) is 19.6 Å². The van der Waals surface area contributed by atoms with Gasteiger partial charge in [0.1, 0.15) is 5.54 Å². The lowest BCUT2D eigenvalue weighted by molar-refractivity contribution is -0.148. The Hall–Kier alpha value is -1.30. The van der Waals surface area contributed by atoms with E-state index in [4.69, 9.17) is 0 Å². The van der Waals surface area contributed by atoms with Gasteiger partial charge in [0.15, 0.2) is 0 Å². The molecule has 0 aromatic carbocycles. The third-order valence-electron chi connectivity index (χ3n) is 4.38. The van der Waals surface area contributed by atoms with Gasteiger partial charge in [-0.1, -0.05) is 6.92 Å². The van der Waals surface area contributed by atoms with Crippen LogP contribution in [-0.2, 0) is 4.79 Å². The van der Waals surface area contributed by atoms with Crippen LogP contribution in [0.1, 0.15) is 39.0 Å². The zero-order valence-corrected chi connectivity index (χ0v) is 11.4. The highest BCUT2D eigenvalue weighted by Crippen LogP contribution is 2.32. The minimum Gasteiger partial charge on any atom is -0.479 e. The van der Waals surface area contributed by atoms with Crippen molar-refractivity contribution in [3.05, 3.63) is 0 Å². The number of rotatable bonds is 3. The van der Waals surface area contributed by atoms with E-state index >= 15 is 0 Å². The van der Waals surface area contributed by atoms with Crippen LogP contribution in [0, 0.1) is 0 Å². The Balaban J connectivity index is 2.02. The van der Waals surface area contributed by atoms with E-state index in [0.717, 1.165) is 32.4 Å². The Morgan fingerprint density at radius 2 is 2.11 bits per heavy atom. The largest absolute Gasteiger partial charge is 0.479 e. The lowest BCUT2D eigenvalue weighted by Crippen LogP contribution is -2.57. The SMILES string of the molecule is CCC1(C(=O)O)CCCN1C(=O)NC1CCNCC1. The number of amides is 2. The van der Waals surface area contributed by atoms with Crippen LogP contribution in [0.5, 0.6) is 0 Å². The molecule has 2 fully saturated rings. The van der Waals surface area contributed by atoms with E-state index in [2.05, 4.69) is 10.6 Å². The van der Waals surface area contributed by atoms with E-state index < -0.39 is 11.5 Å². The highest BCUT2D eigenvalue weighted by Gasteiger charge is 2.48. The van der Waals surface area contributed by atoms with Crippen molar-refractivity contribution in [3.63, 3.8) is 0 Å². The van der Waals surface area contributed by atoms with Crippen LogP contribution < -0.4 is 10.6 Å². The number of nitrogens with zero attached hydrogens (tertiary/aromatic N) is 1. The van der Waals surface area contributed by atoms with E-state index in [9.17, 15) is 14.7 Å². The second kappa shape index (κ2) is 5.77. The minimum absolute atomic E-state index is 0.165. The number of piperidine rings is 1. The van der Waals surface area contributed by atoms with Gasteiger partial charge in [0.2, 0.25) is 0 Å². The third-order valence-corrected chi connectivity index (χ3v) is 4.38. The molecule has 0 aliphatic carbocycles. The summed E-state index contributed by atoms with van der Waals surface area (Å²) < 4.78 is 0. The number of hydrogen-bond acceptors (Lipinski definition) is 3. The predicted octanol–water partition coefficient (Wildman–Crippen LogP) is 0.777. The summed E-state index contributed by atoms with van der Waals surface area (Å²) in [6, 6.07) is -0.0497. The van der Waals surface area contributed by atoms with Crippen LogP contribution in [0.25, 0.3) is 0 Å². The van der Waals surface area contributed by atoms with Gasteiger partial charge in [-0.2, -0.15) is 0 Å². The van der Waals surface area contributed by atoms with E-state index in [0.29, 0.717) is 19.4 Å². The molecule has 1 atom stereocenters. The molecule has 2 amide bonds. The fourth-order valence-electron chi connectivity index (χ4n) is 3.13. The maximum atomic E-state index is 12.3. The molecule has 1 unspecified atom stereocenters. The lowest BCUT2D eigenvalue weighted by atomic mass is 9.93. The first-order chi connectivity index (χ1) is 9.10. The van der Waals surface area contributed by atoms with Crippen LogP contribution in [0.4, 0.5) is 4.79 Å². The van der Waals surface area contributed by atoms with Crippen molar-refractivity contribution in [2.45, 2.75) is 50.6 Å². The molecule has 2 rings (SSSR count). The summed E-state index contributed by atoms with van der Waals surface area (Å²) in [5.74, 6) is -0.882. The number of nitrogens with one attached hydrogen (secondary N) is 2. The average Bonchev–Trinajstić information content (AvgIpc) is 2.85. The molecule has 108 valence electrons. The van der Waals surface area contributed by atoms with Crippen molar-refractivity contribution in [1.29, 1.82) is 0 Å². The zero-order valence-electron chi connectivity index (χ0n) is 11.4. The van der Waals surface area contributed by atoms with E-state index in [-0.39, 0.29) is 12.1 Å². The summed E-state index contributed by atoms with van der Waals surface area (Å²) >= 11 is 0. The number of carboxylic acid groups (broad SMARTS) is 1. The molecule has 19 heavy (non-hydrogen) atoms. The highest BCUT2D eigenvalue weighted by molar-refractivity contribution is 5.87. The van der Waals surface area contributed by atoms with E-state index in [1.54, 1.807) is 0 Å². The summed E-state index contributed by atoms with van der Waals surface area (Å²) in [7, 11) is 0. The molecule has 2 aliphatic rings. The van der Waals surface area contributed by atoms with Gasteiger partial charge in [-0.15, -0.1) is 0 Å². The van der Waals surface area contributed by atoms with Gasteiger partial charge in [0.25, 0.3) is 0 Å². The summed E-state index contributed by atoms with van der Waals surface area (Å²) in [6.07, 6.45) is 3.60. The van der Waals surface area contributed by atoms with Crippen LogP contribution >= 0.6 is 0 Å². The maximum Gasteiger partial charge on any atom is 0.329 e. The summed E-state index contributed by atoms with van der Waals surface area (Å²) in [6.45, 7) is 4.19. The maximum absolute atomic E-state index is 12.3. The topological polar surface area (TPSA) is 81.7 Å². The number of hydrogen-bond donors (Lipinski definition) is 3. The highest BCUT2D eigenvalue weighted by atomic mass is 16.4. The Morgan fingerprint density at radius 1 is 1.42 bits per heavy atom. The van der Waals surface area contributed by atoms with Crippen LogP contribution in [0.2, 0.25) is 0 Å². The van der Waals surface area contributed by atoms with Gasteiger partial charge < -0.3 is 20.6 Å². The molecule has 0 aromatic rings. The van der Waals surface area contributed by atoms with Crippen molar-refractivity contribution in [2.24, 2.45) is 0 Å². The second-order valence-electron chi connectivity index (χ2n) is 5.42. The molecule has 6 nitrogen and oxygen atoms in total. The molecule has 2 aliphatic heterocycles. The third kappa shape index (κ3) is 2.68. The Kier molecular flexibility index (Phi) is 4.29. The molecule has 2 saturated heterocycles. The van der Waals surface area contributed by atoms with Crippen LogP contribution in [-0.4, -0.2) is 53.2 Å². The molecule has 0 aromatic heterocycles. The number of carbonyl (C=O) groups excluding carboxylic acids is 1. The van der Waals surface area contributed by atoms with Gasteiger partial charge in [0, 0.05) is 12.6 Å². The van der Waals surface area contributed by atoms with Crippen LogP contribution in [0.15, 0.2) is 0 Å². The molecular weight excluding hydrogens is 246 g/mol. The number of aliphatic carboxylic acids is 1. The summed E-state index contributed by atoms with van der Waals surface area (Å²) in [5.41, 5.74) is -1.00. The van der Waals surface area contributed by atoms with Crippen molar-refractivity contribution >= 4 is 12.0 Å². The molecule has 0 radical (unpaired) electrons. The molecule has 2 heterocycles.